The molecule has 0 aliphatic rings. The number of hydrogen-bond donors (Lipinski definition) is 1. The van der Waals surface area contributed by atoms with Crippen LogP contribution in [-0.4, -0.2) is 50.5 Å². The van der Waals surface area contributed by atoms with Gasteiger partial charge in [-0.05, 0) is 41.7 Å². The minimum Gasteiger partial charge on any atom is -0.354 e. The van der Waals surface area contributed by atoms with Gasteiger partial charge in [0.1, 0.15) is 12.6 Å². The van der Waals surface area contributed by atoms with E-state index in [1.54, 1.807) is 19.1 Å². The Morgan fingerprint density at radius 2 is 1.51 bits per heavy atom. The van der Waals surface area contributed by atoms with E-state index in [9.17, 15) is 18.0 Å². The van der Waals surface area contributed by atoms with Crippen molar-refractivity contribution in [1.82, 2.24) is 10.2 Å². The highest BCUT2D eigenvalue weighted by molar-refractivity contribution is 7.92. The molecule has 2 amide bonds. The van der Waals surface area contributed by atoms with Gasteiger partial charge >= 0.3 is 0 Å². The summed E-state index contributed by atoms with van der Waals surface area (Å²) >= 11 is 6.19. The van der Waals surface area contributed by atoms with Crippen molar-refractivity contribution < 1.29 is 18.0 Å². The summed E-state index contributed by atoms with van der Waals surface area (Å²) in [4.78, 5) is 29.1. The molecule has 1 atom stereocenters. The molecule has 0 spiro atoms. The number of carbonyl (C=O) groups excluding carboxylic acids is 2. The largest absolute Gasteiger partial charge is 0.354 e. The van der Waals surface area contributed by atoms with Crippen molar-refractivity contribution in [2.75, 3.05) is 23.7 Å². The molecule has 0 unspecified atom stereocenters. The Hall–Kier alpha value is -3.36. The average Bonchev–Trinajstić information content (AvgIpc) is 2.89. The van der Waals surface area contributed by atoms with E-state index in [-0.39, 0.29) is 24.8 Å². The van der Waals surface area contributed by atoms with Crippen LogP contribution in [0, 0.1) is 12.8 Å². The van der Waals surface area contributed by atoms with E-state index in [0.717, 1.165) is 21.7 Å². The number of rotatable bonds is 12. The minimum absolute atomic E-state index is 0.137. The fourth-order valence-electron chi connectivity index (χ4n) is 4.20. The molecule has 0 radical (unpaired) electrons. The molecule has 9 heteroatoms. The maximum Gasteiger partial charge on any atom is 0.244 e. The number of amides is 2. The van der Waals surface area contributed by atoms with Crippen LogP contribution in [0.1, 0.15) is 30.5 Å². The Bertz CT molecular complexity index is 1370. The second kappa shape index (κ2) is 13.6. The van der Waals surface area contributed by atoms with Crippen LogP contribution < -0.4 is 9.62 Å². The fraction of sp³-hybridized carbons (Fsp3) is 0.333. The number of sulfonamides is 1. The summed E-state index contributed by atoms with van der Waals surface area (Å²) in [5, 5.41) is 3.33. The van der Waals surface area contributed by atoms with Crippen LogP contribution in [0.5, 0.6) is 0 Å². The van der Waals surface area contributed by atoms with Crippen molar-refractivity contribution in [2.24, 2.45) is 5.92 Å². The monoisotopic (exact) mass is 569 g/mol. The lowest BCUT2D eigenvalue weighted by molar-refractivity contribution is -0.140. The molecule has 0 aliphatic carbocycles. The molecule has 0 aromatic heterocycles. The molecular formula is C30H36ClN3O4S. The van der Waals surface area contributed by atoms with Crippen LogP contribution in [-0.2, 0) is 32.6 Å². The molecule has 0 bridgehead atoms. The van der Waals surface area contributed by atoms with Gasteiger partial charge in [0, 0.05) is 24.5 Å². The van der Waals surface area contributed by atoms with Crippen molar-refractivity contribution in [2.45, 2.75) is 39.8 Å². The first-order valence-electron chi connectivity index (χ1n) is 12.8. The molecule has 0 saturated carbocycles. The fourth-order valence-corrected chi connectivity index (χ4v) is 5.27. The predicted octanol–water partition coefficient (Wildman–Crippen LogP) is 4.83. The summed E-state index contributed by atoms with van der Waals surface area (Å²) < 4.78 is 26.9. The number of aryl methyl sites for hydroxylation is 1. The number of nitrogens with zero attached hydrogens (tertiary/aromatic N) is 2. The van der Waals surface area contributed by atoms with Crippen LogP contribution in [0.4, 0.5) is 5.69 Å². The topological polar surface area (TPSA) is 86.8 Å². The second-order valence-electron chi connectivity index (χ2n) is 10.1. The molecule has 0 saturated heterocycles. The normalized spacial score (nSPS) is 12.2. The molecule has 0 heterocycles. The molecule has 0 fully saturated rings. The zero-order valence-corrected chi connectivity index (χ0v) is 24.4. The van der Waals surface area contributed by atoms with Crippen molar-refractivity contribution in [1.29, 1.82) is 0 Å². The molecule has 3 aromatic carbocycles. The summed E-state index contributed by atoms with van der Waals surface area (Å²) in [5.41, 5.74) is 2.69. The number of carbonyl (C=O) groups is 2. The van der Waals surface area contributed by atoms with E-state index in [1.807, 2.05) is 74.5 Å². The Labute approximate surface area is 236 Å². The first-order chi connectivity index (χ1) is 18.5. The van der Waals surface area contributed by atoms with Crippen molar-refractivity contribution in [3.05, 3.63) is 101 Å². The third kappa shape index (κ3) is 8.83. The lowest BCUT2D eigenvalue weighted by Crippen LogP contribution is -2.53. The summed E-state index contributed by atoms with van der Waals surface area (Å²) in [6.07, 6.45) is 1.33. The lowest BCUT2D eigenvalue weighted by atomic mass is 10.0. The van der Waals surface area contributed by atoms with E-state index in [2.05, 4.69) is 5.32 Å². The van der Waals surface area contributed by atoms with Gasteiger partial charge in [0.25, 0.3) is 0 Å². The summed E-state index contributed by atoms with van der Waals surface area (Å²) in [6.45, 7) is 5.86. The molecule has 208 valence electrons. The standard InChI is InChI=1S/C30H36ClN3O4S/c1-22(2)19-32-30(36)28(17-24-11-7-5-8-12-24)33(20-25-13-9-6-10-14-25)29(35)21-34(39(4,37)38)27-18-26(31)16-15-23(27)3/h5-16,18,22,28H,17,19-21H2,1-4H3,(H,32,36)/t28-/m1/s1. The summed E-state index contributed by atoms with van der Waals surface area (Å²) in [7, 11) is -3.86. The Kier molecular flexibility index (Phi) is 10.5. The third-order valence-electron chi connectivity index (χ3n) is 6.27. The van der Waals surface area contributed by atoms with E-state index in [4.69, 9.17) is 11.6 Å². The summed E-state index contributed by atoms with van der Waals surface area (Å²) in [6, 6.07) is 22.9. The van der Waals surface area contributed by atoms with Crippen LogP contribution >= 0.6 is 11.6 Å². The Morgan fingerprint density at radius 1 is 0.923 bits per heavy atom. The molecule has 39 heavy (non-hydrogen) atoms. The lowest BCUT2D eigenvalue weighted by Gasteiger charge is -2.34. The van der Waals surface area contributed by atoms with Crippen LogP contribution in [0.3, 0.4) is 0 Å². The van der Waals surface area contributed by atoms with Gasteiger partial charge in [-0.15, -0.1) is 0 Å². The molecule has 1 N–H and O–H groups in total. The molecule has 0 aliphatic heterocycles. The average molecular weight is 570 g/mol. The highest BCUT2D eigenvalue weighted by Crippen LogP contribution is 2.27. The Balaban J connectivity index is 2.05. The quantitative estimate of drug-likeness (QED) is 0.338. The van der Waals surface area contributed by atoms with Crippen LogP contribution in [0.25, 0.3) is 0 Å². The molecule has 3 rings (SSSR count). The van der Waals surface area contributed by atoms with Crippen molar-refractivity contribution in [3.63, 3.8) is 0 Å². The van der Waals surface area contributed by atoms with Gasteiger partial charge in [0.15, 0.2) is 0 Å². The van der Waals surface area contributed by atoms with Gasteiger partial charge in [-0.25, -0.2) is 8.42 Å². The number of anilines is 1. The van der Waals surface area contributed by atoms with Gasteiger partial charge in [-0.3, -0.25) is 13.9 Å². The number of nitrogens with one attached hydrogen (secondary N) is 1. The van der Waals surface area contributed by atoms with Crippen molar-refractivity contribution >= 4 is 39.1 Å². The Morgan fingerprint density at radius 3 is 2.08 bits per heavy atom. The molecular weight excluding hydrogens is 534 g/mol. The third-order valence-corrected chi connectivity index (χ3v) is 7.63. The summed E-state index contributed by atoms with van der Waals surface area (Å²) in [5.74, 6) is -0.568. The molecule has 3 aromatic rings. The van der Waals surface area contributed by atoms with Gasteiger partial charge < -0.3 is 10.2 Å². The maximum absolute atomic E-state index is 14.1. The SMILES string of the molecule is Cc1ccc(Cl)cc1N(CC(=O)N(Cc1ccccc1)[C@H](Cc1ccccc1)C(=O)NCC(C)C)S(C)(=O)=O. The highest BCUT2D eigenvalue weighted by Gasteiger charge is 2.33. The van der Waals surface area contributed by atoms with Gasteiger partial charge in [0.05, 0.1) is 11.9 Å². The van der Waals surface area contributed by atoms with E-state index >= 15 is 0 Å². The van der Waals surface area contributed by atoms with Crippen LogP contribution in [0.2, 0.25) is 5.02 Å². The van der Waals surface area contributed by atoms with E-state index in [1.165, 1.54) is 11.0 Å². The van der Waals surface area contributed by atoms with Gasteiger partial charge in [-0.1, -0.05) is 92.2 Å². The molecule has 7 nitrogen and oxygen atoms in total. The highest BCUT2D eigenvalue weighted by atomic mass is 35.5. The minimum atomic E-state index is -3.86. The van der Waals surface area contributed by atoms with Gasteiger partial charge in [0.2, 0.25) is 21.8 Å². The first kappa shape index (κ1) is 30.2. The number of benzene rings is 3. The zero-order valence-electron chi connectivity index (χ0n) is 22.8. The maximum atomic E-state index is 14.1. The zero-order chi connectivity index (χ0) is 28.6. The van der Waals surface area contributed by atoms with E-state index in [0.29, 0.717) is 22.8 Å². The predicted molar refractivity (Wildman–Crippen MR) is 157 cm³/mol. The first-order valence-corrected chi connectivity index (χ1v) is 15.1. The van der Waals surface area contributed by atoms with Crippen LogP contribution in [0.15, 0.2) is 78.9 Å². The smallest absolute Gasteiger partial charge is 0.244 e. The number of hydrogen-bond acceptors (Lipinski definition) is 4. The van der Waals surface area contributed by atoms with Gasteiger partial charge in [-0.2, -0.15) is 0 Å². The van der Waals surface area contributed by atoms with E-state index < -0.39 is 28.5 Å². The second-order valence-corrected chi connectivity index (χ2v) is 12.4. The number of halogens is 1. The van der Waals surface area contributed by atoms with Crippen molar-refractivity contribution in [3.8, 4) is 0 Å².